The van der Waals surface area contributed by atoms with E-state index >= 15 is 0 Å². The predicted molar refractivity (Wildman–Crippen MR) is 239 cm³/mol. The molecule has 1 heteroatoms. The molecule has 1 nitrogen and oxygen atoms in total. The number of benzene rings is 8. The number of fused-ring (bicyclic) bond motifs is 7. The minimum atomic E-state index is -0.459. The van der Waals surface area contributed by atoms with Crippen molar-refractivity contribution in [1.29, 1.82) is 0 Å². The molecule has 0 saturated carbocycles. The van der Waals surface area contributed by atoms with Gasteiger partial charge in [0.2, 0.25) is 0 Å². The molecule has 8 aromatic rings. The van der Waals surface area contributed by atoms with Crippen LogP contribution in [-0.4, -0.2) is 0 Å². The number of hydrogen-bond donors (Lipinski definition) is 0. The molecule has 11 rings (SSSR count). The third-order valence-electron chi connectivity index (χ3n) is 13.0. The lowest BCUT2D eigenvalue weighted by Gasteiger charge is -2.35. The largest absolute Gasteiger partial charge is 0.314 e. The Kier molecular flexibility index (Phi) is 7.63. The standard InChI is InChI=1S/C56H43N/c1-55(2)49-28-16-15-27-48(49)54-52(55)36-39-18-12-13-25-45(39)53(54)38-30-32-43(33-31-38)57(42-23-10-5-11-24-42)44-34-35-47-46-26-14-17-29-50(46)56(51(47)37-44,40-19-6-3-7-20-40)41-21-8-4-9-22-41/h3-10,12-23,25-37H,11,24H2,1-2H3. The number of allylic oxidation sites excluding steroid dienone is 4. The maximum Gasteiger partial charge on any atom is 0.0714 e. The molecule has 3 aliphatic carbocycles. The molecule has 3 aliphatic rings. The summed E-state index contributed by atoms with van der Waals surface area (Å²) >= 11 is 0. The molecule has 272 valence electrons. The van der Waals surface area contributed by atoms with E-state index in [4.69, 9.17) is 0 Å². The Morgan fingerprint density at radius 2 is 1.09 bits per heavy atom. The van der Waals surface area contributed by atoms with Gasteiger partial charge in [-0.25, -0.2) is 0 Å². The van der Waals surface area contributed by atoms with Crippen molar-refractivity contribution in [2.75, 3.05) is 4.90 Å². The maximum atomic E-state index is 2.50. The van der Waals surface area contributed by atoms with Gasteiger partial charge in [0.1, 0.15) is 0 Å². The van der Waals surface area contributed by atoms with Gasteiger partial charge in [-0.3, -0.25) is 0 Å². The first-order chi connectivity index (χ1) is 28.0. The van der Waals surface area contributed by atoms with Crippen LogP contribution < -0.4 is 4.90 Å². The van der Waals surface area contributed by atoms with Gasteiger partial charge in [-0.05, 0) is 127 Å². The highest BCUT2D eigenvalue weighted by molar-refractivity contribution is 6.08. The monoisotopic (exact) mass is 729 g/mol. The zero-order valence-corrected chi connectivity index (χ0v) is 32.4. The average Bonchev–Trinajstić information content (AvgIpc) is 3.69. The molecule has 0 radical (unpaired) electrons. The second-order valence-corrected chi connectivity index (χ2v) is 16.3. The van der Waals surface area contributed by atoms with Gasteiger partial charge < -0.3 is 4.90 Å². The highest BCUT2D eigenvalue weighted by Crippen LogP contribution is 2.58. The van der Waals surface area contributed by atoms with Crippen molar-refractivity contribution in [3.05, 3.63) is 239 Å². The molecule has 8 aromatic carbocycles. The fourth-order valence-corrected chi connectivity index (χ4v) is 10.4. The van der Waals surface area contributed by atoms with Crippen LogP contribution in [0.15, 0.2) is 206 Å². The Morgan fingerprint density at radius 3 is 1.81 bits per heavy atom. The van der Waals surface area contributed by atoms with Crippen LogP contribution in [0.3, 0.4) is 0 Å². The first-order valence-corrected chi connectivity index (χ1v) is 20.3. The van der Waals surface area contributed by atoms with Crippen molar-refractivity contribution < 1.29 is 0 Å². The van der Waals surface area contributed by atoms with Crippen LogP contribution in [0.1, 0.15) is 60.1 Å². The van der Waals surface area contributed by atoms with Gasteiger partial charge in [0.05, 0.1) is 5.41 Å². The van der Waals surface area contributed by atoms with Crippen LogP contribution >= 0.6 is 0 Å². The minimum absolute atomic E-state index is 0.0790. The summed E-state index contributed by atoms with van der Waals surface area (Å²) < 4.78 is 0. The molecule has 0 aliphatic heterocycles. The van der Waals surface area contributed by atoms with Crippen molar-refractivity contribution >= 4 is 22.1 Å². The van der Waals surface area contributed by atoms with E-state index in [1.807, 2.05) is 0 Å². The SMILES string of the molecule is CC1(C)c2ccccc2-c2c1cc1ccccc1c2-c1ccc(N(C2=CC=CCC2)c2ccc3c(c2)C(c2ccccc2)(c2ccccc2)c2ccccc2-3)cc1. The molecule has 0 saturated heterocycles. The van der Waals surface area contributed by atoms with Gasteiger partial charge in [0.15, 0.2) is 0 Å². The summed E-state index contributed by atoms with van der Waals surface area (Å²) in [4.78, 5) is 2.50. The summed E-state index contributed by atoms with van der Waals surface area (Å²) in [6.45, 7) is 4.76. The number of nitrogens with zero attached hydrogens (tertiary/aromatic N) is 1. The van der Waals surface area contributed by atoms with E-state index in [1.165, 1.54) is 94.6 Å². The summed E-state index contributed by atoms with van der Waals surface area (Å²) in [5, 5.41) is 2.58. The second-order valence-electron chi connectivity index (χ2n) is 16.3. The summed E-state index contributed by atoms with van der Waals surface area (Å²) in [5.74, 6) is 0. The molecular weight excluding hydrogens is 687 g/mol. The normalized spacial score (nSPS) is 15.4. The summed E-state index contributed by atoms with van der Waals surface area (Å²) in [7, 11) is 0. The second kappa shape index (κ2) is 12.9. The Hall–Kier alpha value is -6.70. The van der Waals surface area contributed by atoms with Gasteiger partial charge in [-0.15, -0.1) is 0 Å². The van der Waals surface area contributed by atoms with Gasteiger partial charge >= 0.3 is 0 Å². The lowest BCUT2D eigenvalue weighted by Crippen LogP contribution is -2.29. The third-order valence-corrected chi connectivity index (χ3v) is 13.0. The predicted octanol–water partition coefficient (Wildman–Crippen LogP) is 14.5. The highest BCUT2D eigenvalue weighted by atomic mass is 15.1. The summed E-state index contributed by atoms with van der Waals surface area (Å²) in [6.07, 6.45) is 8.80. The number of rotatable bonds is 6. The number of hydrogen-bond acceptors (Lipinski definition) is 1. The van der Waals surface area contributed by atoms with Crippen LogP contribution in [0.2, 0.25) is 0 Å². The molecule has 0 amide bonds. The minimum Gasteiger partial charge on any atom is -0.314 e. The van der Waals surface area contributed by atoms with Crippen LogP contribution in [0.5, 0.6) is 0 Å². The van der Waals surface area contributed by atoms with Crippen molar-refractivity contribution in [1.82, 2.24) is 0 Å². The van der Waals surface area contributed by atoms with Gasteiger partial charge in [0, 0.05) is 22.5 Å². The van der Waals surface area contributed by atoms with Crippen LogP contribution in [0.25, 0.3) is 44.2 Å². The molecule has 0 fully saturated rings. The van der Waals surface area contributed by atoms with Crippen molar-refractivity contribution in [3.63, 3.8) is 0 Å². The first-order valence-electron chi connectivity index (χ1n) is 20.3. The van der Waals surface area contributed by atoms with Crippen LogP contribution in [-0.2, 0) is 10.8 Å². The first kappa shape index (κ1) is 33.6. The van der Waals surface area contributed by atoms with Crippen LogP contribution in [0.4, 0.5) is 11.4 Å². The Morgan fingerprint density at radius 1 is 0.474 bits per heavy atom. The molecular formula is C56H43N. The molecule has 0 spiro atoms. The van der Waals surface area contributed by atoms with E-state index < -0.39 is 5.41 Å². The summed E-state index contributed by atoms with van der Waals surface area (Å²) in [6, 6.07) is 68.2. The average molecular weight is 730 g/mol. The molecule has 0 heterocycles. The molecule has 0 atom stereocenters. The quantitative estimate of drug-likeness (QED) is 0.165. The van der Waals surface area contributed by atoms with E-state index in [9.17, 15) is 0 Å². The van der Waals surface area contributed by atoms with E-state index in [0.29, 0.717) is 0 Å². The smallest absolute Gasteiger partial charge is 0.0714 e. The Balaban J connectivity index is 1.11. The zero-order chi connectivity index (χ0) is 38.1. The van der Waals surface area contributed by atoms with Gasteiger partial charge in [0.25, 0.3) is 0 Å². The molecule has 0 N–H and O–H groups in total. The fraction of sp³-hybridized carbons (Fsp3) is 0.107. The van der Waals surface area contributed by atoms with Gasteiger partial charge in [-0.2, -0.15) is 0 Å². The zero-order valence-electron chi connectivity index (χ0n) is 32.4. The molecule has 0 bridgehead atoms. The van der Waals surface area contributed by atoms with Crippen molar-refractivity contribution in [2.45, 2.75) is 37.5 Å². The fourth-order valence-electron chi connectivity index (χ4n) is 10.4. The molecule has 57 heavy (non-hydrogen) atoms. The van der Waals surface area contributed by atoms with E-state index in [-0.39, 0.29) is 5.41 Å². The lowest BCUT2D eigenvalue weighted by molar-refractivity contribution is 0.661. The highest BCUT2D eigenvalue weighted by Gasteiger charge is 2.46. The van der Waals surface area contributed by atoms with Gasteiger partial charge in [-0.1, -0.05) is 178 Å². The Bertz CT molecular complexity index is 2870. The van der Waals surface area contributed by atoms with E-state index in [0.717, 1.165) is 12.8 Å². The maximum absolute atomic E-state index is 2.50. The Labute approximate surface area is 335 Å². The topological polar surface area (TPSA) is 3.24 Å². The van der Waals surface area contributed by atoms with Crippen molar-refractivity contribution in [2.24, 2.45) is 0 Å². The van der Waals surface area contributed by atoms with Crippen molar-refractivity contribution in [3.8, 4) is 33.4 Å². The molecule has 0 unspecified atom stereocenters. The summed E-state index contributed by atoms with van der Waals surface area (Å²) in [5.41, 5.74) is 19.0. The number of anilines is 2. The van der Waals surface area contributed by atoms with E-state index in [2.05, 4.69) is 219 Å². The van der Waals surface area contributed by atoms with Crippen LogP contribution in [0, 0.1) is 0 Å². The van der Waals surface area contributed by atoms with E-state index in [1.54, 1.807) is 0 Å². The molecule has 0 aromatic heterocycles. The lowest BCUT2D eigenvalue weighted by atomic mass is 9.67. The third kappa shape index (κ3) is 4.95.